The number of sulfonamides is 1. The van der Waals surface area contributed by atoms with Gasteiger partial charge >= 0.3 is 0 Å². The lowest BCUT2D eigenvalue weighted by molar-refractivity contribution is 0.540. The van der Waals surface area contributed by atoms with Crippen LogP contribution in [0.15, 0.2) is 33.9 Å². The molecule has 0 fully saturated rings. The lowest BCUT2D eigenvalue weighted by Gasteiger charge is -2.09. The predicted octanol–water partition coefficient (Wildman–Crippen LogP) is 1.97. The average molecular weight is 366 g/mol. The van der Waals surface area contributed by atoms with Gasteiger partial charge in [-0.3, -0.25) is 0 Å². The van der Waals surface area contributed by atoms with Gasteiger partial charge in [0, 0.05) is 35.9 Å². The summed E-state index contributed by atoms with van der Waals surface area (Å²) in [6, 6.07) is 1.41. The van der Waals surface area contributed by atoms with Gasteiger partial charge in [0.1, 0.15) is 22.4 Å². The van der Waals surface area contributed by atoms with E-state index in [2.05, 4.69) is 30.6 Å². The molecule has 0 bridgehead atoms. The number of aromatic nitrogens is 2. The first-order valence-electron chi connectivity index (χ1n) is 5.52. The van der Waals surface area contributed by atoms with Gasteiger partial charge in [0.25, 0.3) is 0 Å². The van der Waals surface area contributed by atoms with Crippen molar-refractivity contribution >= 4 is 26.0 Å². The first-order chi connectivity index (χ1) is 9.40. The number of hydrogen-bond acceptors (Lipinski definition) is 3. The van der Waals surface area contributed by atoms with E-state index in [9.17, 15) is 17.2 Å². The zero-order valence-electron chi connectivity index (χ0n) is 10.0. The van der Waals surface area contributed by atoms with Crippen LogP contribution in [0.25, 0.3) is 0 Å². The van der Waals surface area contributed by atoms with E-state index in [0.717, 1.165) is 6.07 Å². The van der Waals surface area contributed by atoms with Crippen molar-refractivity contribution in [1.82, 2.24) is 14.7 Å². The number of halogens is 3. The van der Waals surface area contributed by atoms with Gasteiger partial charge in [0.15, 0.2) is 0 Å². The molecule has 0 radical (unpaired) electrons. The van der Waals surface area contributed by atoms with Crippen LogP contribution in [0.5, 0.6) is 0 Å². The Morgan fingerprint density at radius 2 is 2.10 bits per heavy atom. The Balaban J connectivity index is 2.14. The van der Waals surface area contributed by atoms with E-state index in [0.29, 0.717) is 18.3 Å². The van der Waals surface area contributed by atoms with E-state index >= 15 is 0 Å². The minimum Gasteiger partial charge on any atom is -0.349 e. The molecule has 2 aromatic rings. The highest BCUT2D eigenvalue weighted by Gasteiger charge is 2.23. The first-order valence-corrected chi connectivity index (χ1v) is 7.80. The lowest BCUT2D eigenvalue weighted by Crippen LogP contribution is -2.27. The van der Waals surface area contributed by atoms with Crippen molar-refractivity contribution in [2.75, 3.05) is 6.54 Å². The topological polar surface area (TPSA) is 74.8 Å². The molecule has 1 aromatic carbocycles. The molecule has 9 heteroatoms. The largest absolute Gasteiger partial charge is 0.349 e. The van der Waals surface area contributed by atoms with Gasteiger partial charge in [-0.25, -0.2) is 26.9 Å². The fraction of sp³-hybridized carbons (Fsp3) is 0.182. The highest BCUT2D eigenvalue weighted by molar-refractivity contribution is 9.10. The molecule has 1 aromatic heterocycles. The smallest absolute Gasteiger partial charge is 0.244 e. The summed E-state index contributed by atoms with van der Waals surface area (Å²) >= 11 is 2.85. The highest BCUT2D eigenvalue weighted by Crippen LogP contribution is 2.25. The van der Waals surface area contributed by atoms with E-state index in [1.807, 2.05) is 0 Å². The molecule has 0 spiro atoms. The number of rotatable bonds is 5. The first kappa shape index (κ1) is 15.1. The number of hydrogen-bond donors (Lipinski definition) is 2. The molecule has 2 rings (SSSR count). The number of nitrogens with zero attached hydrogens (tertiary/aromatic N) is 1. The summed E-state index contributed by atoms with van der Waals surface area (Å²) in [5, 5.41) is 0. The van der Waals surface area contributed by atoms with Crippen LogP contribution >= 0.6 is 15.9 Å². The maximum Gasteiger partial charge on any atom is 0.244 e. The fourth-order valence-corrected chi connectivity index (χ4v) is 3.79. The zero-order chi connectivity index (χ0) is 14.8. The Morgan fingerprint density at radius 3 is 2.70 bits per heavy atom. The van der Waals surface area contributed by atoms with E-state index in [4.69, 9.17) is 0 Å². The molecule has 0 saturated heterocycles. The zero-order valence-corrected chi connectivity index (χ0v) is 12.4. The van der Waals surface area contributed by atoms with Crippen LogP contribution in [-0.2, 0) is 16.4 Å². The molecule has 0 saturated carbocycles. The van der Waals surface area contributed by atoms with Crippen molar-refractivity contribution in [2.45, 2.75) is 11.3 Å². The quantitative estimate of drug-likeness (QED) is 0.850. The van der Waals surface area contributed by atoms with Gasteiger partial charge < -0.3 is 4.98 Å². The van der Waals surface area contributed by atoms with Crippen LogP contribution in [-0.4, -0.2) is 24.9 Å². The molecule has 108 valence electrons. The molecular weight excluding hydrogens is 356 g/mol. The van der Waals surface area contributed by atoms with Gasteiger partial charge in [-0.1, -0.05) is 0 Å². The number of nitrogens with one attached hydrogen (secondary N) is 2. The Bertz CT molecular complexity index is 681. The summed E-state index contributed by atoms with van der Waals surface area (Å²) in [6.07, 6.45) is 3.48. The van der Waals surface area contributed by atoms with Gasteiger partial charge in [0.2, 0.25) is 10.0 Å². The molecule has 0 atom stereocenters. The summed E-state index contributed by atoms with van der Waals surface area (Å²) in [7, 11) is -4.07. The average Bonchev–Trinajstić information content (AvgIpc) is 2.79. The highest BCUT2D eigenvalue weighted by atomic mass is 79.9. The third kappa shape index (κ3) is 3.41. The van der Waals surface area contributed by atoms with Gasteiger partial charge in [-0.2, -0.15) is 0 Å². The Kier molecular flexibility index (Phi) is 4.51. The second-order valence-corrected chi connectivity index (χ2v) is 6.44. The summed E-state index contributed by atoms with van der Waals surface area (Å²) in [4.78, 5) is 6.13. The molecule has 1 heterocycles. The number of benzene rings is 1. The Morgan fingerprint density at radius 1 is 1.35 bits per heavy atom. The predicted molar refractivity (Wildman–Crippen MR) is 71.5 cm³/mol. The molecule has 0 aliphatic heterocycles. The maximum absolute atomic E-state index is 13.6. The van der Waals surface area contributed by atoms with E-state index in [1.165, 1.54) is 0 Å². The molecule has 0 amide bonds. The van der Waals surface area contributed by atoms with Gasteiger partial charge in [-0.15, -0.1) is 0 Å². The van der Waals surface area contributed by atoms with Crippen molar-refractivity contribution in [3.8, 4) is 0 Å². The van der Waals surface area contributed by atoms with Crippen LogP contribution < -0.4 is 4.72 Å². The Hall–Kier alpha value is -1.32. The third-order valence-corrected chi connectivity index (χ3v) is 4.86. The monoisotopic (exact) mass is 365 g/mol. The minimum absolute atomic E-state index is 0.0408. The lowest BCUT2D eigenvalue weighted by atomic mass is 10.3. The summed E-state index contributed by atoms with van der Waals surface area (Å²) in [6.45, 7) is 0.0408. The van der Waals surface area contributed by atoms with Crippen molar-refractivity contribution in [1.29, 1.82) is 0 Å². The molecule has 0 aliphatic rings. The van der Waals surface area contributed by atoms with Crippen molar-refractivity contribution in [3.63, 3.8) is 0 Å². The second-order valence-electron chi connectivity index (χ2n) is 3.88. The molecule has 0 unspecified atom stereocenters. The minimum atomic E-state index is -4.07. The second kappa shape index (κ2) is 5.98. The normalized spacial score (nSPS) is 11.8. The van der Waals surface area contributed by atoms with E-state index < -0.39 is 26.6 Å². The summed E-state index contributed by atoms with van der Waals surface area (Å²) in [5.41, 5.74) is 0. The number of aromatic amines is 1. The van der Waals surface area contributed by atoms with Gasteiger partial charge in [0.05, 0.1) is 0 Å². The van der Waals surface area contributed by atoms with Gasteiger partial charge in [-0.05, 0) is 22.0 Å². The van der Waals surface area contributed by atoms with Crippen LogP contribution in [0.3, 0.4) is 0 Å². The maximum atomic E-state index is 13.6. The molecule has 20 heavy (non-hydrogen) atoms. The van der Waals surface area contributed by atoms with Crippen molar-refractivity contribution < 1.29 is 17.2 Å². The molecule has 0 aliphatic carbocycles. The number of imidazole rings is 1. The van der Waals surface area contributed by atoms with E-state index in [-0.39, 0.29) is 11.0 Å². The van der Waals surface area contributed by atoms with E-state index in [1.54, 1.807) is 12.4 Å². The van der Waals surface area contributed by atoms with Crippen LogP contribution in [0, 0.1) is 11.6 Å². The van der Waals surface area contributed by atoms with Crippen molar-refractivity contribution in [3.05, 3.63) is 46.5 Å². The molecule has 2 N–H and O–H groups in total. The summed E-state index contributed by atoms with van der Waals surface area (Å²) in [5.74, 6) is -1.40. The molecule has 5 nitrogen and oxygen atoms in total. The molecular formula is C11H10BrF2N3O2S. The fourth-order valence-electron chi connectivity index (χ4n) is 1.60. The number of H-pyrrole nitrogens is 1. The summed E-state index contributed by atoms with van der Waals surface area (Å²) < 4.78 is 52.6. The third-order valence-electron chi connectivity index (χ3n) is 2.44. The SMILES string of the molecule is O=S(=O)(NCCc1ncc[nH]1)c1c(F)cc(F)cc1Br. The van der Waals surface area contributed by atoms with Crippen LogP contribution in [0.1, 0.15) is 5.82 Å². The Labute approximate surface area is 122 Å². The standard InChI is InChI=1S/C11H10BrF2N3O2S/c12-8-5-7(13)6-9(14)11(8)20(18,19)17-2-1-10-15-3-4-16-10/h3-6,17H,1-2H2,(H,15,16). The van der Waals surface area contributed by atoms with Crippen LogP contribution in [0.2, 0.25) is 0 Å². The van der Waals surface area contributed by atoms with Crippen molar-refractivity contribution in [2.24, 2.45) is 0 Å². The van der Waals surface area contributed by atoms with Crippen LogP contribution in [0.4, 0.5) is 8.78 Å².